The summed E-state index contributed by atoms with van der Waals surface area (Å²) < 4.78 is 2.16. The van der Waals surface area contributed by atoms with E-state index in [0.717, 1.165) is 57.1 Å². The van der Waals surface area contributed by atoms with Crippen molar-refractivity contribution in [1.29, 1.82) is 0 Å². The van der Waals surface area contributed by atoms with Gasteiger partial charge in [-0.15, -0.1) is 10.2 Å². The first-order chi connectivity index (χ1) is 12.2. The molecule has 1 aliphatic carbocycles. The van der Waals surface area contributed by atoms with Crippen LogP contribution in [0.3, 0.4) is 0 Å². The molecule has 1 aromatic carbocycles. The Morgan fingerprint density at radius 1 is 1.28 bits per heavy atom. The summed E-state index contributed by atoms with van der Waals surface area (Å²) in [6.07, 6.45) is 3.83. The van der Waals surface area contributed by atoms with E-state index < -0.39 is 0 Å². The molecule has 2 heterocycles. The molecule has 6 nitrogen and oxygen atoms in total. The Labute approximate surface area is 148 Å². The van der Waals surface area contributed by atoms with E-state index in [1.165, 1.54) is 11.1 Å². The highest BCUT2D eigenvalue weighted by Gasteiger charge is 2.23. The van der Waals surface area contributed by atoms with Gasteiger partial charge in [0.15, 0.2) is 0 Å². The zero-order valence-corrected chi connectivity index (χ0v) is 14.7. The second-order valence-electron chi connectivity index (χ2n) is 7.05. The van der Waals surface area contributed by atoms with Crippen LogP contribution in [0.25, 0.3) is 0 Å². The third-order valence-electron chi connectivity index (χ3n) is 5.38. The molecule has 4 rings (SSSR count). The van der Waals surface area contributed by atoms with E-state index in [4.69, 9.17) is 0 Å². The summed E-state index contributed by atoms with van der Waals surface area (Å²) in [7, 11) is 0. The number of aromatic nitrogens is 3. The molecule has 1 amide bonds. The van der Waals surface area contributed by atoms with Crippen LogP contribution in [0.15, 0.2) is 24.3 Å². The smallest absolute Gasteiger partial charge is 0.221 e. The fraction of sp³-hybridized carbons (Fsp3) is 0.526. The molecule has 0 bridgehead atoms. The van der Waals surface area contributed by atoms with Crippen molar-refractivity contribution < 1.29 is 4.79 Å². The van der Waals surface area contributed by atoms with Crippen LogP contribution in [0, 0.1) is 6.92 Å². The number of carbonyl (C=O) groups is 1. The Hall–Kier alpha value is -2.21. The summed E-state index contributed by atoms with van der Waals surface area (Å²) in [5.74, 6) is 2.12. The van der Waals surface area contributed by atoms with Gasteiger partial charge >= 0.3 is 0 Å². The first-order valence-corrected chi connectivity index (χ1v) is 9.19. The summed E-state index contributed by atoms with van der Waals surface area (Å²) in [5.41, 5.74) is 2.67. The number of fused-ring (bicyclic) bond motifs is 2. The minimum Gasteiger partial charge on any atom is -0.349 e. The van der Waals surface area contributed by atoms with Crippen LogP contribution in [-0.2, 0) is 24.3 Å². The topological polar surface area (TPSA) is 63.1 Å². The lowest BCUT2D eigenvalue weighted by Crippen LogP contribution is -2.38. The van der Waals surface area contributed by atoms with Gasteiger partial charge in [0.25, 0.3) is 0 Å². The summed E-state index contributed by atoms with van der Waals surface area (Å²) in [6, 6.07) is 8.65. The van der Waals surface area contributed by atoms with Crippen molar-refractivity contribution >= 4 is 5.91 Å². The van der Waals surface area contributed by atoms with Crippen molar-refractivity contribution in [2.45, 2.75) is 51.7 Å². The number of amides is 1. The lowest BCUT2D eigenvalue weighted by Gasteiger charge is -2.28. The first kappa shape index (κ1) is 16.3. The highest BCUT2D eigenvalue weighted by atomic mass is 16.1. The molecule has 6 heteroatoms. The summed E-state index contributed by atoms with van der Waals surface area (Å²) >= 11 is 0. The predicted octanol–water partition coefficient (Wildman–Crippen LogP) is 1.99. The maximum Gasteiger partial charge on any atom is 0.221 e. The molecule has 0 unspecified atom stereocenters. The molecule has 1 aliphatic heterocycles. The third kappa shape index (κ3) is 3.44. The molecular formula is C19H25N5O. The monoisotopic (exact) mass is 339 g/mol. The molecule has 0 fully saturated rings. The Balaban J connectivity index is 1.31. The van der Waals surface area contributed by atoms with Crippen LogP contribution in [0.1, 0.15) is 48.1 Å². The standard InChI is InChI=1S/C19H25N5O/c1-14-21-22-18-13-23(11-12-24(14)18)10-9-19(25)20-17-8-4-6-15-5-2-3-7-16(15)17/h2-3,5,7,17H,4,6,8-13H2,1H3,(H,20,25)/t17-/m1/s1. The number of nitrogens with zero attached hydrogens (tertiary/aromatic N) is 4. The fourth-order valence-electron chi connectivity index (χ4n) is 3.97. The molecule has 1 aromatic heterocycles. The number of nitrogens with one attached hydrogen (secondary N) is 1. The number of hydrogen-bond donors (Lipinski definition) is 1. The van der Waals surface area contributed by atoms with Crippen molar-refractivity contribution in [3.05, 3.63) is 47.0 Å². The Morgan fingerprint density at radius 2 is 2.16 bits per heavy atom. The van der Waals surface area contributed by atoms with Gasteiger partial charge < -0.3 is 9.88 Å². The highest BCUT2D eigenvalue weighted by molar-refractivity contribution is 5.76. The number of carbonyl (C=O) groups excluding carboxylic acids is 1. The van der Waals surface area contributed by atoms with Gasteiger partial charge in [-0.25, -0.2) is 0 Å². The fourth-order valence-corrected chi connectivity index (χ4v) is 3.97. The zero-order valence-electron chi connectivity index (χ0n) is 14.7. The van der Waals surface area contributed by atoms with Gasteiger partial charge in [-0.05, 0) is 37.3 Å². The van der Waals surface area contributed by atoms with E-state index in [1.54, 1.807) is 0 Å². The van der Waals surface area contributed by atoms with Gasteiger partial charge in [-0.2, -0.15) is 0 Å². The lowest BCUT2D eigenvalue weighted by atomic mass is 9.87. The quantitative estimate of drug-likeness (QED) is 0.925. The second kappa shape index (κ2) is 6.96. The van der Waals surface area contributed by atoms with Crippen molar-refractivity contribution in [2.75, 3.05) is 13.1 Å². The van der Waals surface area contributed by atoms with Crippen molar-refractivity contribution in [1.82, 2.24) is 25.0 Å². The first-order valence-electron chi connectivity index (χ1n) is 9.19. The summed E-state index contributed by atoms with van der Waals surface area (Å²) in [6.45, 7) is 5.39. The summed E-state index contributed by atoms with van der Waals surface area (Å²) in [5, 5.41) is 11.6. The zero-order chi connectivity index (χ0) is 17.2. The average Bonchev–Trinajstić information content (AvgIpc) is 3.01. The number of hydrogen-bond acceptors (Lipinski definition) is 4. The van der Waals surface area contributed by atoms with E-state index in [9.17, 15) is 4.79 Å². The van der Waals surface area contributed by atoms with Crippen LogP contribution in [-0.4, -0.2) is 38.7 Å². The van der Waals surface area contributed by atoms with Crippen LogP contribution in [0.4, 0.5) is 0 Å². The highest BCUT2D eigenvalue weighted by Crippen LogP contribution is 2.29. The molecule has 25 heavy (non-hydrogen) atoms. The van der Waals surface area contributed by atoms with Gasteiger partial charge in [-0.1, -0.05) is 24.3 Å². The minimum absolute atomic E-state index is 0.143. The van der Waals surface area contributed by atoms with Crippen LogP contribution >= 0.6 is 0 Å². The number of benzene rings is 1. The van der Waals surface area contributed by atoms with Gasteiger partial charge in [-0.3, -0.25) is 9.69 Å². The normalized spacial score (nSPS) is 20.0. The largest absolute Gasteiger partial charge is 0.349 e. The molecule has 2 aromatic rings. The maximum atomic E-state index is 12.4. The number of aryl methyl sites for hydroxylation is 2. The van der Waals surface area contributed by atoms with E-state index in [1.807, 2.05) is 6.92 Å². The van der Waals surface area contributed by atoms with E-state index >= 15 is 0 Å². The Kier molecular flexibility index (Phi) is 4.53. The van der Waals surface area contributed by atoms with Crippen LogP contribution in [0.2, 0.25) is 0 Å². The van der Waals surface area contributed by atoms with Gasteiger partial charge in [0, 0.05) is 26.1 Å². The Bertz CT molecular complexity index is 769. The van der Waals surface area contributed by atoms with E-state index in [2.05, 4.69) is 49.2 Å². The lowest BCUT2D eigenvalue weighted by molar-refractivity contribution is -0.122. The van der Waals surface area contributed by atoms with E-state index in [-0.39, 0.29) is 11.9 Å². The Morgan fingerprint density at radius 3 is 3.08 bits per heavy atom. The van der Waals surface area contributed by atoms with Crippen LogP contribution in [0.5, 0.6) is 0 Å². The molecule has 132 valence electrons. The summed E-state index contributed by atoms with van der Waals surface area (Å²) in [4.78, 5) is 14.7. The molecule has 2 aliphatic rings. The van der Waals surface area contributed by atoms with Crippen molar-refractivity contribution in [3.8, 4) is 0 Å². The second-order valence-corrected chi connectivity index (χ2v) is 7.05. The molecular weight excluding hydrogens is 314 g/mol. The molecule has 0 radical (unpaired) electrons. The van der Waals surface area contributed by atoms with Crippen molar-refractivity contribution in [3.63, 3.8) is 0 Å². The molecule has 0 saturated heterocycles. The molecule has 1 N–H and O–H groups in total. The maximum absolute atomic E-state index is 12.4. The van der Waals surface area contributed by atoms with Gasteiger partial charge in [0.05, 0.1) is 12.6 Å². The van der Waals surface area contributed by atoms with E-state index in [0.29, 0.717) is 6.42 Å². The minimum atomic E-state index is 0.143. The molecule has 1 atom stereocenters. The van der Waals surface area contributed by atoms with Crippen molar-refractivity contribution in [2.24, 2.45) is 0 Å². The average molecular weight is 339 g/mol. The van der Waals surface area contributed by atoms with Crippen LogP contribution < -0.4 is 5.32 Å². The third-order valence-corrected chi connectivity index (χ3v) is 5.38. The molecule has 0 saturated carbocycles. The van der Waals surface area contributed by atoms with Gasteiger partial charge in [0.2, 0.25) is 5.91 Å². The van der Waals surface area contributed by atoms with Gasteiger partial charge in [0.1, 0.15) is 11.6 Å². The number of rotatable bonds is 4. The molecule has 0 spiro atoms. The predicted molar refractivity (Wildman–Crippen MR) is 94.9 cm³/mol. The SMILES string of the molecule is Cc1nnc2n1CCN(CCC(=O)N[C@@H]1CCCc3ccccc31)C2.